The lowest BCUT2D eigenvalue weighted by Crippen LogP contribution is -2.29. The molecule has 2 unspecified atom stereocenters. The van der Waals surface area contributed by atoms with E-state index in [9.17, 15) is 13.6 Å². The second-order valence-corrected chi connectivity index (χ2v) is 8.03. The van der Waals surface area contributed by atoms with Crippen molar-refractivity contribution in [1.29, 1.82) is 0 Å². The number of nitrogens with one attached hydrogen (secondary N) is 1. The van der Waals surface area contributed by atoms with Crippen LogP contribution in [0.1, 0.15) is 17.5 Å². The minimum Gasteiger partial charge on any atom is -0.295 e. The predicted molar refractivity (Wildman–Crippen MR) is 111 cm³/mol. The molecule has 4 heterocycles. The second kappa shape index (κ2) is 7.81. The first-order valence-electron chi connectivity index (χ1n) is 9.83. The molecule has 1 aromatic carbocycles. The molecule has 0 aliphatic carbocycles. The van der Waals surface area contributed by atoms with Crippen molar-refractivity contribution in [2.24, 2.45) is 10.9 Å². The fourth-order valence-electron chi connectivity index (χ4n) is 3.97. The SMILES string of the molecule is O=C1C(Cc2cc(F)c(Cl)c(F)c2)CCN1c1n[nH]c(-c2ccnnc2)c1CC1C=N1. The third-order valence-corrected chi connectivity index (χ3v) is 5.95. The van der Waals surface area contributed by atoms with Crippen LogP contribution in [0.3, 0.4) is 0 Å². The zero-order valence-corrected chi connectivity index (χ0v) is 17.0. The lowest BCUT2D eigenvalue weighted by Gasteiger charge is -2.16. The van der Waals surface area contributed by atoms with E-state index in [1.807, 2.05) is 12.3 Å². The topological polar surface area (TPSA) is 87.1 Å². The fraction of sp³-hybridized carbons (Fsp3) is 0.286. The van der Waals surface area contributed by atoms with Gasteiger partial charge in [0.15, 0.2) is 5.82 Å². The van der Waals surface area contributed by atoms with Crippen molar-refractivity contribution >= 4 is 29.5 Å². The standard InChI is InChI=1S/C21H17ClF2N6O/c22-18-16(23)6-11(7-17(18)24)5-12-2-4-30(21(12)31)20-15(8-14-10-25-14)19(28-29-20)13-1-3-26-27-9-13/h1,3,6-7,9-10,12,14H,2,4-5,8H2,(H,28,29). The number of aliphatic imine (C=N–C) groups is 1. The van der Waals surface area contributed by atoms with Gasteiger partial charge in [0.2, 0.25) is 5.91 Å². The van der Waals surface area contributed by atoms with Crippen LogP contribution >= 0.6 is 11.6 Å². The number of anilines is 1. The van der Waals surface area contributed by atoms with Gasteiger partial charge >= 0.3 is 0 Å². The zero-order chi connectivity index (χ0) is 21.5. The summed E-state index contributed by atoms with van der Waals surface area (Å²) in [6, 6.07) is 4.28. The molecule has 2 aromatic heterocycles. The van der Waals surface area contributed by atoms with Gasteiger partial charge in [-0.3, -0.25) is 19.8 Å². The van der Waals surface area contributed by atoms with E-state index >= 15 is 0 Å². The summed E-state index contributed by atoms with van der Waals surface area (Å²) in [7, 11) is 0. The summed E-state index contributed by atoms with van der Waals surface area (Å²) >= 11 is 5.56. The van der Waals surface area contributed by atoms with Gasteiger partial charge in [0.25, 0.3) is 0 Å². The van der Waals surface area contributed by atoms with Gasteiger partial charge in [-0.15, -0.1) is 0 Å². The number of benzene rings is 1. The van der Waals surface area contributed by atoms with Gasteiger partial charge < -0.3 is 0 Å². The van der Waals surface area contributed by atoms with E-state index in [1.54, 1.807) is 17.3 Å². The third kappa shape index (κ3) is 3.81. The summed E-state index contributed by atoms with van der Waals surface area (Å²) in [5, 5.41) is 14.6. The molecular formula is C21H17ClF2N6O. The van der Waals surface area contributed by atoms with Crippen molar-refractivity contribution < 1.29 is 13.6 Å². The van der Waals surface area contributed by atoms with Crippen LogP contribution < -0.4 is 4.90 Å². The minimum atomic E-state index is -0.825. The molecule has 5 rings (SSSR count). The summed E-state index contributed by atoms with van der Waals surface area (Å²) in [5.74, 6) is -1.61. The van der Waals surface area contributed by atoms with Crippen molar-refractivity contribution in [2.75, 3.05) is 11.4 Å². The summed E-state index contributed by atoms with van der Waals surface area (Å²) in [6.07, 6.45) is 6.48. The quantitative estimate of drug-likeness (QED) is 0.593. The number of carbonyl (C=O) groups is 1. The molecule has 2 atom stereocenters. The molecule has 0 spiro atoms. The van der Waals surface area contributed by atoms with Gasteiger partial charge in [0.05, 0.1) is 24.1 Å². The summed E-state index contributed by atoms with van der Waals surface area (Å²) in [6.45, 7) is 0.472. The summed E-state index contributed by atoms with van der Waals surface area (Å²) in [4.78, 5) is 19.0. The highest BCUT2D eigenvalue weighted by molar-refractivity contribution is 6.30. The van der Waals surface area contributed by atoms with Crippen molar-refractivity contribution in [3.05, 3.63) is 58.4 Å². The first-order valence-corrected chi connectivity index (χ1v) is 10.2. The minimum absolute atomic E-state index is 0.0958. The maximum Gasteiger partial charge on any atom is 0.231 e. The fourth-order valence-corrected chi connectivity index (χ4v) is 4.08. The second-order valence-electron chi connectivity index (χ2n) is 7.65. The van der Waals surface area contributed by atoms with Crippen molar-refractivity contribution in [1.82, 2.24) is 20.4 Å². The van der Waals surface area contributed by atoms with Crippen LogP contribution in [0, 0.1) is 17.6 Å². The number of carbonyl (C=O) groups excluding carboxylic acids is 1. The van der Waals surface area contributed by atoms with Gasteiger partial charge in [-0.25, -0.2) is 8.78 Å². The molecule has 7 nitrogen and oxygen atoms in total. The number of hydrogen-bond donors (Lipinski definition) is 1. The zero-order valence-electron chi connectivity index (χ0n) is 16.2. The Labute approximate surface area is 181 Å². The Hall–Kier alpha value is -3.20. The molecule has 0 saturated carbocycles. The van der Waals surface area contributed by atoms with E-state index in [0.717, 1.165) is 16.8 Å². The highest BCUT2D eigenvalue weighted by Gasteiger charge is 2.36. The maximum atomic E-state index is 13.8. The summed E-state index contributed by atoms with van der Waals surface area (Å²) in [5.41, 5.74) is 2.88. The molecule has 0 radical (unpaired) electrons. The molecule has 31 heavy (non-hydrogen) atoms. The van der Waals surface area contributed by atoms with Gasteiger partial charge in [-0.05, 0) is 36.6 Å². The van der Waals surface area contributed by atoms with Crippen LogP contribution in [-0.4, -0.2) is 45.1 Å². The van der Waals surface area contributed by atoms with Crippen LogP contribution in [0.4, 0.5) is 14.6 Å². The maximum absolute atomic E-state index is 13.8. The lowest BCUT2D eigenvalue weighted by molar-refractivity contribution is -0.120. The normalized spacial score (nSPS) is 20.0. The first-order chi connectivity index (χ1) is 15.0. The molecule has 2 aliphatic heterocycles. The van der Waals surface area contributed by atoms with Crippen LogP contribution in [0.25, 0.3) is 11.3 Å². The van der Waals surface area contributed by atoms with Crippen molar-refractivity contribution in [3.8, 4) is 11.3 Å². The number of hydrogen-bond acceptors (Lipinski definition) is 5. The summed E-state index contributed by atoms with van der Waals surface area (Å²) < 4.78 is 27.6. The predicted octanol–water partition coefficient (Wildman–Crippen LogP) is 3.39. The van der Waals surface area contributed by atoms with Crippen LogP contribution in [0.5, 0.6) is 0 Å². The molecule has 158 valence electrons. The highest BCUT2D eigenvalue weighted by Crippen LogP contribution is 2.35. The molecular weight excluding hydrogens is 426 g/mol. The number of amides is 1. The highest BCUT2D eigenvalue weighted by atomic mass is 35.5. The van der Waals surface area contributed by atoms with E-state index in [4.69, 9.17) is 11.6 Å². The number of aromatic nitrogens is 4. The first kappa shape index (κ1) is 19.7. The number of rotatable bonds is 6. The third-order valence-electron chi connectivity index (χ3n) is 5.59. The molecule has 1 fully saturated rings. The van der Waals surface area contributed by atoms with Crippen LogP contribution in [0.2, 0.25) is 5.02 Å². The number of H-pyrrole nitrogens is 1. The largest absolute Gasteiger partial charge is 0.295 e. The molecule has 1 amide bonds. The Bertz CT molecular complexity index is 1150. The van der Waals surface area contributed by atoms with Gasteiger partial charge in [-0.2, -0.15) is 15.3 Å². The van der Waals surface area contributed by atoms with E-state index < -0.39 is 22.6 Å². The van der Waals surface area contributed by atoms with Gasteiger partial charge in [0.1, 0.15) is 16.7 Å². The molecule has 3 aromatic rings. The Morgan fingerprint density at radius 1 is 1.19 bits per heavy atom. The number of aromatic amines is 1. The lowest BCUT2D eigenvalue weighted by atomic mass is 9.98. The molecule has 10 heteroatoms. The Morgan fingerprint density at radius 3 is 2.65 bits per heavy atom. The molecule has 0 bridgehead atoms. The van der Waals surface area contributed by atoms with Crippen molar-refractivity contribution in [3.63, 3.8) is 0 Å². The molecule has 1 saturated heterocycles. The van der Waals surface area contributed by atoms with E-state index in [1.165, 1.54) is 12.1 Å². The van der Waals surface area contributed by atoms with Gasteiger partial charge in [-0.1, -0.05) is 11.6 Å². The van der Waals surface area contributed by atoms with Gasteiger partial charge in [0, 0.05) is 36.2 Å². The van der Waals surface area contributed by atoms with E-state index in [-0.39, 0.29) is 18.4 Å². The molecule has 2 aliphatic rings. The van der Waals surface area contributed by atoms with E-state index in [2.05, 4.69) is 25.4 Å². The number of halogens is 3. The Morgan fingerprint density at radius 2 is 1.97 bits per heavy atom. The molecule has 1 N–H and O–H groups in total. The Kier molecular flexibility index (Phi) is 4.97. The average molecular weight is 443 g/mol. The van der Waals surface area contributed by atoms with Crippen molar-refractivity contribution in [2.45, 2.75) is 25.3 Å². The van der Waals surface area contributed by atoms with E-state index in [0.29, 0.717) is 30.8 Å². The smallest absolute Gasteiger partial charge is 0.231 e. The van der Waals surface area contributed by atoms with Crippen LogP contribution in [-0.2, 0) is 17.6 Å². The van der Waals surface area contributed by atoms with Crippen LogP contribution in [0.15, 0.2) is 35.6 Å². The monoisotopic (exact) mass is 442 g/mol. The average Bonchev–Trinajstić information content (AvgIpc) is 3.39. The Balaban J connectivity index is 1.41. The number of nitrogens with zero attached hydrogens (tertiary/aromatic N) is 5.